The Kier molecular flexibility index (Phi) is 3.95. The van der Waals surface area contributed by atoms with Crippen LogP contribution in [0, 0.1) is 5.41 Å². The number of rotatable bonds is 5. The van der Waals surface area contributed by atoms with Crippen LogP contribution in [-0.2, 0) is 4.74 Å². The second kappa shape index (κ2) is 5.48. The molecule has 5 nitrogen and oxygen atoms in total. The summed E-state index contributed by atoms with van der Waals surface area (Å²) in [7, 11) is 3.11. The quantitative estimate of drug-likeness (QED) is 0.876. The number of methoxy groups -OCH3 is 2. The van der Waals surface area contributed by atoms with Crippen LogP contribution in [0.5, 0.6) is 11.5 Å². The molecule has 5 heteroatoms. The van der Waals surface area contributed by atoms with Crippen LogP contribution in [-0.4, -0.2) is 39.9 Å². The van der Waals surface area contributed by atoms with Gasteiger partial charge < -0.3 is 19.5 Å². The molecule has 0 bridgehead atoms. The number of carbonyl (C=O) groups is 1. The van der Waals surface area contributed by atoms with Crippen molar-refractivity contribution < 1.29 is 19.0 Å². The summed E-state index contributed by atoms with van der Waals surface area (Å²) in [5.41, 5.74) is 0.558. The van der Waals surface area contributed by atoms with Gasteiger partial charge in [0, 0.05) is 18.0 Å². The van der Waals surface area contributed by atoms with Crippen LogP contribution in [0.25, 0.3) is 0 Å². The fourth-order valence-corrected chi connectivity index (χ4v) is 1.93. The Labute approximate surface area is 112 Å². The van der Waals surface area contributed by atoms with Crippen LogP contribution in [0.15, 0.2) is 18.2 Å². The van der Waals surface area contributed by atoms with Crippen molar-refractivity contribution in [3.8, 4) is 11.5 Å². The fraction of sp³-hybridized carbons (Fsp3) is 0.500. The molecule has 1 N–H and O–H groups in total. The minimum atomic E-state index is -0.146. The highest BCUT2D eigenvalue weighted by molar-refractivity contribution is 5.97. The van der Waals surface area contributed by atoms with E-state index in [0.29, 0.717) is 36.8 Å². The van der Waals surface area contributed by atoms with Gasteiger partial charge >= 0.3 is 0 Å². The Morgan fingerprint density at radius 2 is 2.11 bits per heavy atom. The lowest BCUT2D eigenvalue weighted by Gasteiger charge is -2.38. The van der Waals surface area contributed by atoms with Crippen molar-refractivity contribution in [2.24, 2.45) is 5.41 Å². The van der Waals surface area contributed by atoms with E-state index in [9.17, 15) is 4.79 Å². The number of amides is 1. The summed E-state index contributed by atoms with van der Waals surface area (Å²) in [4.78, 5) is 12.1. The third-order valence-corrected chi connectivity index (χ3v) is 3.23. The zero-order valence-corrected chi connectivity index (χ0v) is 11.5. The van der Waals surface area contributed by atoms with Crippen LogP contribution in [0.4, 0.5) is 0 Å². The third-order valence-electron chi connectivity index (χ3n) is 3.23. The van der Waals surface area contributed by atoms with Crippen molar-refractivity contribution in [3.05, 3.63) is 23.8 Å². The normalized spacial score (nSPS) is 16.4. The first-order valence-electron chi connectivity index (χ1n) is 6.16. The van der Waals surface area contributed by atoms with E-state index in [1.807, 2.05) is 0 Å². The number of hydrogen-bond acceptors (Lipinski definition) is 4. The van der Waals surface area contributed by atoms with Crippen LogP contribution >= 0.6 is 0 Å². The molecule has 1 aromatic carbocycles. The second-order valence-electron chi connectivity index (χ2n) is 5.05. The molecule has 1 amide bonds. The van der Waals surface area contributed by atoms with E-state index < -0.39 is 0 Å². The maximum Gasteiger partial charge on any atom is 0.255 e. The molecule has 0 aromatic heterocycles. The number of ether oxygens (including phenoxy) is 3. The van der Waals surface area contributed by atoms with Crippen LogP contribution in [0.3, 0.4) is 0 Å². The van der Waals surface area contributed by atoms with Gasteiger partial charge in [-0.1, -0.05) is 6.92 Å². The zero-order valence-electron chi connectivity index (χ0n) is 11.5. The molecule has 2 rings (SSSR count). The Morgan fingerprint density at radius 3 is 2.63 bits per heavy atom. The average Bonchev–Trinajstić information content (AvgIpc) is 2.41. The monoisotopic (exact) mass is 265 g/mol. The van der Waals surface area contributed by atoms with E-state index >= 15 is 0 Å². The largest absolute Gasteiger partial charge is 0.497 e. The molecule has 1 aromatic rings. The molecule has 1 aliphatic rings. The van der Waals surface area contributed by atoms with E-state index in [0.717, 1.165) is 0 Å². The lowest BCUT2D eigenvalue weighted by atomic mass is 9.88. The molecule has 0 spiro atoms. The van der Waals surface area contributed by atoms with Crippen molar-refractivity contribution >= 4 is 5.91 Å². The summed E-state index contributed by atoms with van der Waals surface area (Å²) in [5.74, 6) is 1.02. The van der Waals surface area contributed by atoms with Gasteiger partial charge in [0.2, 0.25) is 0 Å². The van der Waals surface area contributed by atoms with E-state index in [-0.39, 0.29) is 11.3 Å². The van der Waals surface area contributed by atoms with Gasteiger partial charge in [-0.05, 0) is 12.1 Å². The molecule has 1 heterocycles. The van der Waals surface area contributed by atoms with Crippen molar-refractivity contribution in [1.82, 2.24) is 5.32 Å². The van der Waals surface area contributed by atoms with E-state index in [1.54, 1.807) is 25.3 Å². The van der Waals surface area contributed by atoms with Crippen LogP contribution in [0.1, 0.15) is 17.3 Å². The van der Waals surface area contributed by atoms with Crippen LogP contribution in [0.2, 0.25) is 0 Å². The summed E-state index contributed by atoms with van der Waals surface area (Å²) in [5, 5.41) is 2.91. The van der Waals surface area contributed by atoms with Gasteiger partial charge in [-0.25, -0.2) is 0 Å². The van der Waals surface area contributed by atoms with Crippen molar-refractivity contribution in [2.45, 2.75) is 6.92 Å². The number of nitrogens with one attached hydrogen (secondary N) is 1. The number of hydrogen-bond donors (Lipinski definition) is 1. The van der Waals surface area contributed by atoms with Gasteiger partial charge in [0.15, 0.2) is 0 Å². The lowest BCUT2D eigenvalue weighted by Crippen LogP contribution is -2.48. The second-order valence-corrected chi connectivity index (χ2v) is 5.05. The highest BCUT2D eigenvalue weighted by atomic mass is 16.5. The van der Waals surface area contributed by atoms with Gasteiger partial charge in [0.05, 0.1) is 33.0 Å². The lowest BCUT2D eigenvalue weighted by molar-refractivity contribution is -0.0978. The average molecular weight is 265 g/mol. The Balaban J connectivity index is 2.05. The van der Waals surface area contributed by atoms with Gasteiger partial charge in [0.1, 0.15) is 11.5 Å². The summed E-state index contributed by atoms with van der Waals surface area (Å²) >= 11 is 0. The maximum atomic E-state index is 12.1. The fourth-order valence-electron chi connectivity index (χ4n) is 1.93. The first-order chi connectivity index (χ1) is 9.08. The SMILES string of the molecule is COc1ccc(C(=O)NCC2(C)COC2)c(OC)c1. The third kappa shape index (κ3) is 2.98. The Morgan fingerprint density at radius 1 is 1.37 bits per heavy atom. The molecule has 1 fully saturated rings. The van der Waals surface area contributed by atoms with E-state index in [2.05, 4.69) is 12.2 Å². The standard InChI is InChI=1S/C14H19NO4/c1-14(8-19-9-14)7-15-13(16)11-5-4-10(17-2)6-12(11)18-3/h4-6H,7-9H2,1-3H3,(H,15,16). The molecule has 1 aliphatic heterocycles. The molecule has 19 heavy (non-hydrogen) atoms. The first-order valence-corrected chi connectivity index (χ1v) is 6.16. The molecule has 104 valence electrons. The maximum absolute atomic E-state index is 12.1. The van der Waals surface area contributed by atoms with Gasteiger partial charge in [0.25, 0.3) is 5.91 Å². The van der Waals surface area contributed by atoms with Crippen molar-refractivity contribution in [2.75, 3.05) is 34.0 Å². The predicted molar refractivity (Wildman–Crippen MR) is 70.8 cm³/mol. The number of benzene rings is 1. The Bertz CT molecular complexity index is 469. The molecular formula is C14H19NO4. The summed E-state index contributed by atoms with van der Waals surface area (Å²) in [6.07, 6.45) is 0. The van der Waals surface area contributed by atoms with Gasteiger partial charge in [-0.3, -0.25) is 4.79 Å². The summed E-state index contributed by atoms with van der Waals surface area (Å²) < 4.78 is 15.5. The predicted octanol–water partition coefficient (Wildman–Crippen LogP) is 1.47. The Hall–Kier alpha value is -1.75. The first kappa shape index (κ1) is 13.7. The van der Waals surface area contributed by atoms with Crippen molar-refractivity contribution in [1.29, 1.82) is 0 Å². The molecule has 1 saturated heterocycles. The smallest absolute Gasteiger partial charge is 0.255 e. The van der Waals surface area contributed by atoms with E-state index in [4.69, 9.17) is 14.2 Å². The van der Waals surface area contributed by atoms with Crippen molar-refractivity contribution in [3.63, 3.8) is 0 Å². The highest BCUT2D eigenvalue weighted by Gasteiger charge is 2.33. The van der Waals surface area contributed by atoms with E-state index in [1.165, 1.54) is 7.11 Å². The highest BCUT2D eigenvalue weighted by Crippen LogP contribution is 2.27. The minimum Gasteiger partial charge on any atom is -0.497 e. The van der Waals surface area contributed by atoms with Gasteiger partial charge in [-0.15, -0.1) is 0 Å². The number of carbonyl (C=O) groups excluding carboxylic acids is 1. The summed E-state index contributed by atoms with van der Waals surface area (Å²) in [6.45, 7) is 4.06. The summed E-state index contributed by atoms with van der Waals surface area (Å²) in [6, 6.07) is 5.14. The molecule has 0 radical (unpaired) electrons. The molecule has 0 aliphatic carbocycles. The van der Waals surface area contributed by atoms with Crippen LogP contribution < -0.4 is 14.8 Å². The molecule has 0 unspecified atom stereocenters. The molecular weight excluding hydrogens is 246 g/mol. The zero-order chi connectivity index (χ0) is 13.9. The van der Waals surface area contributed by atoms with Gasteiger partial charge in [-0.2, -0.15) is 0 Å². The minimum absolute atomic E-state index is 0.0510. The molecule has 0 atom stereocenters. The molecule has 0 saturated carbocycles. The topological polar surface area (TPSA) is 56.8 Å².